The van der Waals surface area contributed by atoms with E-state index in [0.29, 0.717) is 0 Å². The van der Waals surface area contributed by atoms with E-state index in [2.05, 4.69) is 5.32 Å². The summed E-state index contributed by atoms with van der Waals surface area (Å²) < 4.78 is 5.05. The fraction of sp³-hybridized carbons (Fsp3) is 0.385. The number of nitrogens with one attached hydrogen (secondary N) is 1. The largest absolute Gasteiger partial charge is 0.479 e. The van der Waals surface area contributed by atoms with Crippen molar-refractivity contribution >= 4 is 29.4 Å². The number of carbonyl (C=O) groups excluding carboxylic acids is 1. The number of carboxylic acids is 1. The van der Waals surface area contributed by atoms with E-state index in [0.717, 1.165) is 0 Å². The van der Waals surface area contributed by atoms with Crippen molar-refractivity contribution in [2.24, 2.45) is 0 Å². The number of halogens is 1. The molecule has 0 bridgehead atoms. The first-order valence-corrected chi connectivity index (χ1v) is 6.18. The first kappa shape index (κ1) is 16.3. The number of carbonyl (C=O) groups is 2. The number of aliphatic hydroxyl groups is 1. The van der Waals surface area contributed by atoms with Gasteiger partial charge in [-0.05, 0) is 32.9 Å². The summed E-state index contributed by atoms with van der Waals surface area (Å²) in [6, 6.07) is 4.09. The summed E-state index contributed by atoms with van der Waals surface area (Å²) in [5.41, 5.74) is -0.594. The Kier molecular flexibility index (Phi) is 4.97. The van der Waals surface area contributed by atoms with E-state index in [1.807, 2.05) is 0 Å². The van der Waals surface area contributed by atoms with Crippen LogP contribution < -0.4 is 5.32 Å². The van der Waals surface area contributed by atoms with Crippen molar-refractivity contribution in [1.82, 2.24) is 0 Å². The summed E-state index contributed by atoms with van der Waals surface area (Å²) >= 11 is 5.80. The highest BCUT2D eigenvalue weighted by Gasteiger charge is 2.22. The monoisotopic (exact) mass is 301 g/mol. The van der Waals surface area contributed by atoms with Crippen molar-refractivity contribution in [3.63, 3.8) is 0 Å². The smallest absolute Gasteiger partial charge is 0.412 e. The lowest BCUT2D eigenvalue weighted by Crippen LogP contribution is -2.28. The summed E-state index contributed by atoms with van der Waals surface area (Å²) in [6.45, 7) is 5.08. The molecular weight excluding hydrogens is 286 g/mol. The molecule has 110 valence electrons. The number of carboxylic acid groups (broad SMARTS) is 1. The van der Waals surface area contributed by atoms with Gasteiger partial charge in [0, 0.05) is 10.6 Å². The number of amides is 1. The zero-order chi connectivity index (χ0) is 15.5. The van der Waals surface area contributed by atoms with Gasteiger partial charge in [-0.25, -0.2) is 9.59 Å². The van der Waals surface area contributed by atoms with Gasteiger partial charge in [0.1, 0.15) is 5.60 Å². The van der Waals surface area contributed by atoms with Gasteiger partial charge in [-0.1, -0.05) is 17.7 Å². The van der Waals surface area contributed by atoms with Crippen LogP contribution in [0.3, 0.4) is 0 Å². The Morgan fingerprint density at radius 3 is 2.45 bits per heavy atom. The van der Waals surface area contributed by atoms with Crippen LogP contribution in [-0.4, -0.2) is 27.9 Å². The van der Waals surface area contributed by atoms with Gasteiger partial charge in [0.2, 0.25) is 0 Å². The van der Waals surface area contributed by atoms with Gasteiger partial charge in [-0.15, -0.1) is 0 Å². The van der Waals surface area contributed by atoms with Crippen LogP contribution >= 0.6 is 11.6 Å². The van der Waals surface area contributed by atoms with Crippen LogP contribution in [0.25, 0.3) is 0 Å². The number of ether oxygens (including phenoxy) is 1. The third-order valence-corrected chi connectivity index (χ3v) is 2.41. The third-order valence-electron chi connectivity index (χ3n) is 2.18. The average molecular weight is 302 g/mol. The Morgan fingerprint density at radius 1 is 1.35 bits per heavy atom. The van der Waals surface area contributed by atoms with E-state index in [1.165, 1.54) is 18.2 Å². The van der Waals surface area contributed by atoms with Crippen molar-refractivity contribution in [3.05, 3.63) is 28.8 Å². The molecule has 20 heavy (non-hydrogen) atoms. The van der Waals surface area contributed by atoms with Gasteiger partial charge >= 0.3 is 12.1 Å². The van der Waals surface area contributed by atoms with E-state index in [9.17, 15) is 14.7 Å². The van der Waals surface area contributed by atoms with Crippen LogP contribution in [0, 0.1) is 0 Å². The molecular formula is C13H16ClNO5. The molecule has 1 aromatic carbocycles. The highest BCUT2D eigenvalue weighted by Crippen LogP contribution is 2.27. The van der Waals surface area contributed by atoms with Gasteiger partial charge in [-0.2, -0.15) is 0 Å². The lowest BCUT2D eigenvalue weighted by Gasteiger charge is -2.21. The molecule has 0 spiro atoms. The van der Waals surface area contributed by atoms with E-state index in [1.54, 1.807) is 20.8 Å². The second-order valence-corrected chi connectivity index (χ2v) is 5.54. The maximum absolute atomic E-state index is 11.7. The summed E-state index contributed by atoms with van der Waals surface area (Å²) in [4.78, 5) is 22.5. The summed E-state index contributed by atoms with van der Waals surface area (Å²) in [5, 5.41) is 21.1. The number of rotatable bonds is 3. The first-order chi connectivity index (χ1) is 9.10. The van der Waals surface area contributed by atoms with Crippen molar-refractivity contribution in [2.45, 2.75) is 32.5 Å². The van der Waals surface area contributed by atoms with E-state index in [4.69, 9.17) is 21.4 Å². The fourth-order valence-electron chi connectivity index (χ4n) is 1.42. The zero-order valence-corrected chi connectivity index (χ0v) is 12.1. The number of aliphatic hydroxyl groups excluding tert-OH is 1. The lowest BCUT2D eigenvalue weighted by molar-refractivity contribution is -0.146. The molecule has 1 unspecified atom stereocenters. The maximum atomic E-state index is 11.7. The SMILES string of the molecule is CC(C)(C)OC(=O)Nc1cc(Cl)ccc1C(O)C(=O)O. The molecule has 0 aliphatic carbocycles. The molecule has 1 rings (SSSR count). The molecule has 0 aliphatic heterocycles. The number of hydrogen-bond donors (Lipinski definition) is 3. The number of benzene rings is 1. The number of aliphatic carboxylic acids is 1. The normalized spacial score (nSPS) is 12.7. The average Bonchev–Trinajstić information content (AvgIpc) is 2.25. The second kappa shape index (κ2) is 6.11. The van der Waals surface area contributed by atoms with Crippen LogP contribution in [0.4, 0.5) is 10.5 Å². The summed E-state index contributed by atoms with van der Waals surface area (Å²) in [7, 11) is 0. The van der Waals surface area contributed by atoms with E-state index < -0.39 is 23.8 Å². The predicted octanol–water partition coefficient (Wildman–Crippen LogP) is 2.81. The van der Waals surface area contributed by atoms with Gasteiger partial charge in [0.05, 0.1) is 5.69 Å². The number of anilines is 1. The van der Waals surface area contributed by atoms with Gasteiger partial charge in [0.25, 0.3) is 0 Å². The molecule has 0 fully saturated rings. The molecule has 3 N–H and O–H groups in total. The Morgan fingerprint density at radius 2 is 1.95 bits per heavy atom. The molecule has 6 nitrogen and oxygen atoms in total. The predicted molar refractivity (Wildman–Crippen MR) is 73.9 cm³/mol. The van der Waals surface area contributed by atoms with Crippen molar-refractivity contribution in [1.29, 1.82) is 0 Å². The van der Waals surface area contributed by atoms with Gasteiger partial charge in [-0.3, -0.25) is 5.32 Å². The Bertz CT molecular complexity index is 524. The van der Waals surface area contributed by atoms with E-state index >= 15 is 0 Å². The fourth-order valence-corrected chi connectivity index (χ4v) is 1.59. The lowest BCUT2D eigenvalue weighted by atomic mass is 10.1. The molecule has 1 aromatic rings. The zero-order valence-electron chi connectivity index (χ0n) is 11.3. The second-order valence-electron chi connectivity index (χ2n) is 5.10. The van der Waals surface area contributed by atoms with Crippen LogP contribution in [0.15, 0.2) is 18.2 Å². The topological polar surface area (TPSA) is 95.9 Å². The Hall–Kier alpha value is -1.79. The molecule has 1 atom stereocenters. The van der Waals surface area contributed by atoms with E-state index in [-0.39, 0.29) is 16.3 Å². The molecule has 0 radical (unpaired) electrons. The highest BCUT2D eigenvalue weighted by molar-refractivity contribution is 6.31. The van der Waals surface area contributed by atoms with Crippen molar-refractivity contribution in [2.75, 3.05) is 5.32 Å². The maximum Gasteiger partial charge on any atom is 0.412 e. The molecule has 0 saturated carbocycles. The first-order valence-electron chi connectivity index (χ1n) is 5.80. The van der Waals surface area contributed by atoms with Gasteiger partial charge < -0.3 is 14.9 Å². The Labute approximate surface area is 121 Å². The molecule has 1 amide bonds. The van der Waals surface area contributed by atoms with Crippen molar-refractivity contribution < 1.29 is 24.5 Å². The minimum atomic E-state index is -1.77. The Balaban J connectivity index is 3.01. The van der Waals surface area contributed by atoms with Crippen LogP contribution in [0.5, 0.6) is 0 Å². The van der Waals surface area contributed by atoms with Crippen molar-refractivity contribution in [3.8, 4) is 0 Å². The standard InChI is InChI=1S/C13H16ClNO5/c1-13(2,3)20-12(19)15-9-6-7(14)4-5-8(9)10(16)11(17)18/h4-6,10,16H,1-3H3,(H,15,19)(H,17,18). The van der Waals surface area contributed by atoms with Crippen LogP contribution in [-0.2, 0) is 9.53 Å². The quantitative estimate of drug-likeness (QED) is 0.798. The van der Waals surface area contributed by atoms with Crippen LogP contribution in [0.1, 0.15) is 32.4 Å². The molecule has 0 aliphatic rings. The minimum absolute atomic E-state index is 0.0211. The minimum Gasteiger partial charge on any atom is -0.479 e. The summed E-state index contributed by atoms with van der Waals surface area (Å²) in [5.74, 6) is -1.43. The van der Waals surface area contributed by atoms with Gasteiger partial charge in [0.15, 0.2) is 6.10 Å². The molecule has 0 heterocycles. The molecule has 7 heteroatoms. The molecule has 0 aromatic heterocycles. The third kappa shape index (κ3) is 4.71. The molecule has 0 saturated heterocycles. The summed E-state index contributed by atoms with van der Waals surface area (Å²) in [6.07, 6.45) is -2.53. The van der Waals surface area contributed by atoms with Crippen LogP contribution in [0.2, 0.25) is 5.02 Å². The highest BCUT2D eigenvalue weighted by atomic mass is 35.5. The number of hydrogen-bond acceptors (Lipinski definition) is 4.